The predicted molar refractivity (Wildman–Crippen MR) is 251 cm³/mol. The second kappa shape index (κ2) is 19.4. The highest BCUT2D eigenvalue weighted by molar-refractivity contribution is 6.39. The average molecular weight is 995 g/mol. The van der Waals surface area contributed by atoms with E-state index in [9.17, 15) is 14.7 Å². The van der Waals surface area contributed by atoms with Gasteiger partial charge in [-0.05, 0) is 117 Å². The summed E-state index contributed by atoms with van der Waals surface area (Å²) in [5, 5.41) is 20.2. The number of aromatic nitrogens is 2. The van der Waals surface area contributed by atoms with Crippen molar-refractivity contribution in [2.24, 2.45) is 11.8 Å². The first-order chi connectivity index (χ1) is 30.8. The van der Waals surface area contributed by atoms with Crippen LogP contribution in [0.25, 0.3) is 22.5 Å². The predicted octanol–water partition coefficient (Wildman–Crippen LogP) is 13.1. The van der Waals surface area contributed by atoms with Crippen LogP contribution >= 0.6 is 58.0 Å². The number of hydrogen-bond donors (Lipinski definition) is 1. The van der Waals surface area contributed by atoms with Gasteiger partial charge in [-0.3, -0.25) is 0 Å². The molecule has 12 nitrogen and oxygen atoms in total. The van der Waals surface area contributed by atoms with E-state index in [2.05, 4.69) is 10.3 Å². The van der Waals surface area contributed by atoms with Gasteiger partial charge in [0.25, 0.3) is 0 Å². The van der Waals surface area contributed by atoms with Crippen LogP contribution in [0.2, 0.25) is 20.1 Å². The Morgan fingerprint density at radius 2 is 1.11 bits per heavy atom. The molecule has 0 radical (unpaired) electrons. The highest BCUT2D eigenvalue weighted by Crippen LogP contribution is 2.48. The van der Waals surface area contributed by atoms with E-state index in [1.165, 1.54) is 0 Å². The average Bonchev–Trinajstić information content (AvgIpc) is 3.89. The van der Waals surface area contributed by atoms with Gasteiger partial charge in [0.15, 0.2) is 0 Å². The molecule has 2 amide bonds. The fourth-order valence-corrected chi connectivity index (χ4v) is 10.8. The van der Waals surface area contributed by atoms with E-state index in [0.29, 0.717) is 92.4 Å². The van der Waals surface area contributed by atoms with Gasteiger partial charge in [-0.1, -0.05) is 68.8 Å². The summed E-state index contributed by atoms with van der Waals surface area (Å²) in [6, 6.07) is 11.2. The first-order valence-corrected chi connectivity index (χ1v) is 24.5. The molecule has 4 saturated carbocycles. The van der Waals surface area contributed by atoms with Gasteiger partial charge in [0.05, 0.1) is 44.8 Å². The van der Waals surface area contributed by atoms with Gasteiger partial charge in [0, 0.05) is 71.1 Å². The van der Waals surface area contributed by atoms with Crippen LogP contribution in [-0.2, 0) is 26.7 Å². The number of benzene rings is 2. The van der Waals surface area contributed by atoms with Gasteiger partial charge in [0.1, 0.15) is 34.1 Å². The van der Waals surface area contributed by atoms with Crippen molar-refractivity contribution >= 4 is 70.2 Å². The van der Waals surface area contributed by atoms with Crippen LogP contribution < -0.4 is 0 Å². The summed E-state index contributed by atoms with van der Waals surface area (Å²) in [5.41, 5.74) is 3.66. The molecule has 6 unspecified atom stereocenters. The number of halogens is 5. The van der Waals surface area contributed by atoms with Crippen LogP contribution in [0.5, 0.6) is 0 Å². The van der Waals surface area contributed by atoms with Crippen LogP contribution in [0.3, 0.4) is 0 Å². The van der Waals surface area contributed by atoms with Crippen LogP contribution in [0.4, 0.5) is 9.59 Å². The van der Waals surface area contributed by atoms with Crippen molar-refractivity contribution < 1.29 is 38.0 Å². The van der Waals surface area contributed by atoms with E-state index in [-0.39, 0.29) is 42.4 Å². The maximum absolute atomic E-state index is 12.5. The molecule has 2 aromatic carbocycles. The quantitative estimate of drug-likeness (QED) is 0.170. The smallest absolute Gasteiger partial charge is 0.410 e. The van der Waals surface area contributed by atoms with E-state index in [1.54, 1.807) is 35.2 Å². The molecule has 6 atom stereocenters. The Hall–Kier alpha value is -3.23. The third-order valence-corrected chi connectivity index (χ3v) is 14.3. The van der Waals surface area contributed by atoms with E-state index < -0.39 is 11.2 Å². The largest absolute Gasteiger partial charge is 0.444 e. The highest BCUT2D eigenvalue weighted by Gasteiger charge is 2.49. The Kier molecular flexibility index (Phi) is 14.4. The normalized spacial score (nSPS) is 24.4. The second-order valence-corrected chi connectivity index (χ2v) is 22.0. The van der Waals surface area contributed by atoms with Crippen molar-refractivity contribution in [3.05, 3.63) is 79.1 Å². The summed E-state index contributed by atoms with van der Waals surface area (Å²) in [4.78, 5) is 27.9. The summed E-state index contributed by atoms with van der Waals surface area (Å²) in [7, 11) is 0. The van der Waals surface area contributed by atoms with Gasteiger partial charge in [-0.15, -0.1) is 11.6 Å². The maximum atomic E-state index is 12.5. The lowest BCUT2D eigenvalue weighted by atomic mass is 10.0. The molecular formula is C48H57Cl5N4O8. The lowest BCUT2D eigenvalue weighted by Crippen LogP contribution is -2.44. The van der Waals surface area contributed by atoms with Crippen molar-refractivity contribution in [1.29, 1.82) is 0 Å². The number of carbonyl (C=O) groups is 2. The number of aliphatic hydroxyl groups excluding tert-OH is 1. The van der Waals surface area contributed by atoms with Gasteiger partial charge >= 0.3 is 12.2 Å². The van der Waals surface area contributed by atoms with Crippen molar-refractivity contribution in [3.8, 4) is 22.5 Å². The molecule has 352 valence electrons. The number of hydrogen-bond acceptors (Lipinski definition) is 10. The molecule has 17 heteroatoms. The lowest BCUT2D eigenvalue weighted by molar-refractivity contribution is -0.0219. The molecular weight excluding hydrogens is 938 g/mol. The SMILES string of the molecule is CC(C)(C)OC(=O)N1CC2CC1CC2O.CC(C)(C)OC(=O)N1CC2CC1CC2OCc1c(-c2c(Cl)cccc2Cl)noc1C1CC1.ClCc1c(-c2c(Cl)cccc2Cl)noc1C1CC1. The van der Waals surface area contributed by atoms with E-state index >= 15 is 0 Å². The number of piperidine rings is 2. The number of fused-ring (bicyclic) bond motifs is 4. The van der Waals surface area contributed by atoms with E-state index in [4.69, 9.17) is 81.3 Å². The first-order valence-electron chi connectivity index (χ1n) is 22.5. The number of amides is 2. The third-order valence-electron chi connectivity index (χ3n) is 12.7. The number of nitrogens with zero attached hydrogens (tertiary/aromatic N) is 4. The minimum Gasteiger partial charge on any atom is -0.444 e. The maximum Gasteiger partial charge on any atom is 0.410 e. The summed E-state index contributed by atoms with van der Waals surface area (Å²) in [6.45, 7) is 13.0. The molecule has 2 aliphatic heterocycles. The number of rotatable bonds is 8. The van der Waals surface area contributed by atoms with Crippen LogP contribution in [-0.4, -0.2) is 86.0 Å². The zero-order valence-electron chi connectivity index (χ0n) is 37.6. The highest BCUT2D eigenvalue weighted by atomic mass is 35.5. The second-order valence-electron chi connectivity index (χ2n) is 20.1. The molecule has 2 saturated heterocycles. The van der Waals surface area contributed by atoms with E-state index in [1.807, 2.05) is 52.5 Å². The fourth-order valence-electron chi connectivity index (χ4n) is 9.40. The zero-order valence-corrected chi connectivity index (χ0v) is 41.3. The zero-order chi connectivity index (χ0) is 46.5. The van der Waals surface area contributed by atoms with Gasteiger partial charge in [0.2, 0.25) is 0 Å². The molecule has 10 rings (SSSR count). The standard InChI is InChI=1S/C24H28Cl2N2O4.C13H10Cl3NO.C11H19NO3/c1-24(2,3)31-23(29)28-11-14-9-15(28)10-19(14)30-12-16-21(27-32-22(16)13-7-8-13)20-17(25)5-4-6-18(20)26;14-6-8-12(17-18-13(8)7-4-5-7)11-9(15)2-1-3-10(11)16;1-11(2,3)15-10(14)12-6-7-4-8(12)5-9(7)13/h4-6,13-15,19H,7-12H2,1-3H3;1-3,7H,4-6H2;7-9,13H,4-6H2,1-3H3. The molecule has 6 aliphatic rings. The number of aliphatic hydroxyl groups is 1. The third kappa shape index (κ3) is 11.1. The number of carbonyl (C=O) groups excluding carboxylic acids is 2. The number of alkyl halides is 1. The molecule has 4 heterocycles. The number of likely N-dealkylation sites (tertiary alicyclic amines) is 2. The summed E-state index contributed by atoms with van der Waals surface area (Å²) in [6.07, 6.45) is 7.28. The van der Waals surface area contributed by atoms with Crippen molar-refractivity contribution in [3.63, 3.8) is 0 Å². The molecule has 6 fully saturated rings. The Morgan fingerprint density at radius 3 is 1.49 bits per heavy atom. The summed E-state index contributed by atoms with van der Waals surface area (Å²) in [5.74, 6) is 3.55. The summed E-state index contributed by atoms with van der Waals surface area (Å²) >= 11 is 31.3. The fraction of sp³-hybridized carbons (Fsp3) is 0.583. The monoisotopic (exact) mass is 992 g/mol. The minimum atomic E-state index is -0.487. The minimum absolute atomic E-state index is 0.0928. The van der Waals surface area contributed by atoms with E-state index in [0.717, 1.165) is 67.6 Å². The Labute approximate surface area is 405 Å². The molecule has 1 N–H and O–H groups in total. The molecule has 4 aliphatic carbocycles. The van der Waals surface area contributed by atoms with Crippen LogP contribution in [0.1, 0.15) is 127 Å². The molecule has 65 heavy (non-hydrogen) atoms. The Morgan fingerprint density at radius 1 is 0.677 bits per heavy atom. The molecule has 2 aromatic heterocycles. The Balaban J connectivity index is 0.000000147. The van der Waals surface area contributed by atoms with Crippen LogP contribution in [0.15, 0.2) is 45.4 Å². The van der Waals surface area contributed by atoms with Crippen molar-refractivity contribution in [2.45, 2.75) is 153 Å². The molecule has 0 spiro atoms. The van der Waals surface area contributed by atoms with Gasteiger partial charge < -0.3 is 38.2 Å². The molecule has 4 bridgehead atoms. The first kappa shape index (κ1) is 48.2. The van der Waals surface area contributed by atoms with Gasteiger partial charge in [-0.25, -0.2) is 9.59 Å². The number of ether oxygens (including phenoxy) is 3. The summed E-state index contributed by atoms with van der Waals surface area (Å²) < 4.78 is 28.4. The van der Waals surface area contributed by atoms with Crippen molar-refractivity contribution in [2.75, 3.05) is 13.1 Å². The lowest BCUT2D eigenvalue weighted by Gasteiger charge is -2.33. The van der Waals surface area contributed by atoms with Crippen molar-refractivity contribution in [1.82, 2.24) is 20.1 Å². The Bertz CT molecular complexity index is 2330. The topological polar surface area (TPSA) is 141 Å². The van der Waals surface area contributed by atoms with Gasteiger partial charge in [-0.2, -0.15) is 0 Å². The molecule has 4 aromatic rings. The van der Waals surface area contributed by atoms with Crippen LogP contribution in [0, 0.1) is 11.8 Å².